The van der Waals surface area contributed by atoms with Crippen LogP contribution in [0.5, 0.6) is 5.88 Å². The number of rotatable bonds is 3. The van der Waals surface area contributed by atoms with E-state index in [0.29, 0.717) is 5.39 Å². The molecule has 4 aromatic rings. The number of anilines is 2. The normalized spacial score (nSPS) is 12.2. The Morgan fingerprint density at radius 1 is 0.812 bits per heavy atom. The van der Waals surface area contributed by atoms with Gasteiger partial charge in [0, 0.05) is 23.3 Å². The van der Waals surface area contributed by atoms with Gasteiger partial charge in [-0.1, -0.05) is 0 Å². The molecule has 2 N–H and O–H groups in total. The summed E-state index contributed by atoms with van der Waals surface area (Å²) in [6.07, 6.45) is -7.94. The van der Waals surface area contributed by atoms with E-state index in [9.17, 15) is 31.4 Å². The summed E-state index contributed by atoms with van der Waals surface area (Å²) in [4.78, 5) is 11.7. The Morgan fingerprint density at radius 2 is 1.53 bits per heavy atom. The lowest BCUT2D eigenvalue weighted by Crippen LogP contribution is -2.08. The number of aromatic nitrogens is 3. The first-order valence-electron chi connectivity index (χ1n) is 9.00. The van der Waals surface area contributed by atoms with Crippen LogP contribution in [0.3, 0.4) is 0 Å². The predicted molar refractivity (Wildman–Crippen MR) is 104 cm³/mol. The summed E-state index contributed by atoms with van der Waals surface area (Å²) in [5.74, 6) is -0.478. The van der Waals surface area contributed by atoms with Crippen molar-refractivity contribution in [3.8, 4) is 17.3 Å². The molecule has 32 heavy (non-hydrogen) atoms. The predicted octanol–water partition coefficient (Wildman–Crippen LogP) is 6.18. The van der Waals surface area contributed by atoms with E-state index in [2.05, 4.69) is 20.3 Å². The Kier molecular flexibility index (Phi) is 5.11. The van der Waals surface area contributed by atoms with Crippen LogP contribution < -0.4 is 5.32 Å². The van der Waals surface area contributed by atoms with Gasteiger partial charge in [0.05, 0.1) is 22.5 Å². The first-order valence-corrected chi connectivity index (χ1v) is 9.00. The van der Waals surface area contributed by atoms with Crippen LogP contribution >= 0.6 is 0 Å². The topological polar surface area (TPSA) is 70.9 Å². The molecule has 5 nitrogen and oxygen atoms in total. The maximum Gasteiger partial charge on any atom is 0.418 e. The van der Waals surface area contributed by atoms with Crippen molar-refractivity contribution in [2.75, 3.05) is 5.32 Å². The molecule has 1 aromatic carbocycles. The molecule has 0 unspecified atom stereocenters. The molecule has 0 saturated heterocycles. The van der Waals surface area contributed by atoms with E-state index >= 15 is 0 Å². The number of hydrogen-bond donors (Lipinski definition) is 2. The molecule has 0 aliphatic heterocycles. The molecule has 0 fully saturated rings. The van der Waals surface area contributed by atoms with Gasteiger partial charge in [-0.25, -0.2) is 4.98 Å². The summed E-state index contributed by atoms with van der Waals surface area (Å²) < 4.78 is 78.2. The van der Waals surface area contributed by atoms with Crippen LogP contribution in [0, 0.1) is 0 Å². The highest BCUT2D eigenvalue weighted by molar-refractivity contribution is 5.92. The number of aromatic hydroxyl groups is 1. The van der Waals surface area contributed by atoms with Crippen LogP contribution in [0.25, 0.3) is 22.4 Å². The molecule has 0 spiro atoms. The van der Waals surface area contributed by atoms with Gasteiger partial charge in [-0.05, 0) is 48.5 Å². The summed E-state index contributed by atoms with van der Waals surface area (Å²) in [6, 6.07) is 10.2. The van der Waals surface area contributed by atoms with Gasteiger partial charge in [0.2, 0.25) is 5.88 Å². The zero-order chi connectivity index (χ0) is 23.1. The van der Waals surface area contributed by atoms with Gasteiger partial charge >= 0.3 is 12.4 Å². The van der Waals surface area contributed by atoms with Gasteiger partial charge in [0.25, 0.3) is 0 Å². The van der Waals surface area contributed by atoms with Crippen molar-refractivity contribution in [3.63, 3.8) is 0 Å². The molecule has 0 aliphatic rings. The Balaban J connectivity index is 1.75. The standard InChI is InChI=1S/C21H12F6N4O/c22-20(23,24)11-3-5-12(6-4-11)29-16-10-17(32)31-19-13(16)7-8-15(30-19)18-14(21(25,26)27)2-1-9-28-18/h1-10H,(H2,29,30,31,32). The quantitative estimate of drug-likeness (QED) is 0.365. The lowest BCUT2D eigenvalue weighted by molar-refractivity contribution is -0.138. The first kappa shape index (κ1) is 21.3. The van der Waals surface area contributed by atoms with Gasteiger partial charge < -0.3 is 10.4 Å². The summed E-state index contributed by atoms with van der Waals surface area (Å²) in [5.41, 5.74) is -1.84. The molecule has 0 radical (unpaired) electrons. The number of pyridine rings is 3. The molecule has 0 atom stereocenters. The van der Waals surface area contributed by atoms with Gasteiger partial charge in [-0.2, -0.15) is 31.3 Å². The lowest BCUT2D eigenvalue weighted by atomic mass is 10.1. The van der Waals surface area contributed by atoms with Crippen LogP contribution in [0.1, 0.15) is 11.1 Å². The highest BCUT2D eigenvalue weighted by Gasteiger charge is 2.34. The largest absolute Gasteiger partial charge is 0.493 e. The van der Waals surface area contributed by atoms with E-state index < -0.39 is 35.1 Å². The van der Waals surface area contributed by atoms with Crippen molar-refractivity contribution in [1.29, 1.82) is 0 Å². The molecule has 0 bridgehead atoms. The lowest BCUT2D eigenvalue weighted by Gasteiger charge is -2.13. The fraction of sp³-hybridized carbons (Fsp3) is 0.0952. The van der Waals surface area contributed by atoms with Crippen molar-refractivity contribution in [2.45, 2.75) is 12.4 Å². The third-order valence-electron chi connectivity index (χ3n) is 4.51. The van der Waals surface area contributed by atoms with Crippen molar-refractivity contribution < 1.29 is 31.4 Å². The van der Waals surface area contributed by atoms with E-state index in [0.717, 1.165) is 24.3 Å². The van der Waals surface area contributed by atoms with Crippen LogP contribution in [-0.4, -0.2) is 20.1 Å². The smallest absolute Gasteiger partial charge is 0.418 e. The Labute approximate surface area is 176 Å². The highest BCUT2D eigenvalue weighted by Crippen LogP contribution is 2.37. The molecule has 3 aromatic heterocycles. The maximum absolute atomic E-state index is 13.3. The van der Waals surface area contributed by atoms with E-state index in [-0.39, 0.29) is 22.7 Å². The second-order valence-corrected chi connectivity index (χ2v) is 6.69. The summed E-state index contributed by atoms with van der Waals surface area (Å²) >= 11 is 0. The number of nitrogens with one attached hydrogen (secondary N) is 1. The molecule has 4 rings (SSSR count). The van der Waals surface area contributed by atoms with Gasteiger partial charge in [0.1, 0.15) is 5.69 Å². The van der Waals surface area contributed by atoms with Gasteiger partial charge in [0.15, 0.2) is 5.65 Å². The zero-order valence-corrected chi connectivity index (χ0v) is 15.8. The average Bonchev–Trinajstić information content (AvgIpc) is 2.72. The molecular weight excluding hydrogens is 438 g/mol. The molecule has 3 heterocycles. The van der Waals surface area contributed by atoms with Crippen LogP contribution in [0.15, 0.2) is 60.8 Å². The Bertz CT molecular complexity index is 1290. The third kappa shape index (κ3) is 4.27. The Morgan fingerprint density at radius 3 is 2.19 bits per heavy atom. The van der Waals surface area contributed by atoms with Gasteiger partial charge in [-0.3, -0.25) is 4.98 Å². The molecular formula is C21H12F6N4O. The number of alkyl halides is 6. The van der Waals surface area contributed by atoms with E-state index in [1.807, 2.05) is 0 Å². The monoisotopic (exact) mass is 450 g/mol. The fourth-order valence-electron chi connectivity index (χ4n) is 3.06. The number of halogens is 6. The number of hydrogen-bond acceptors (Lipinski definition) is 5. The van der Waals surface area contributed by atoms with Crippen molar-refractivity contribution >= 4 is 22.4 Å². The Hall–Kier alpha value is -3.89. The first-order chi connectivity index (χ1) is 15.0. The second-order valence-electron chi connectivity index (χ2n) is 6.69. The fourth-order valence-corrected chi connectivity index (χ4v) is 3.06. The van der Waals surface area contributed by atoms with Crippen LogP contribution in [0.2, 0.25) is 0 Å². The summed E-state index contributed by atoms with van der Waals surface area (Å²) in [5, 5.41) is 13.1. The van der Waals surface area contributed by atoms with Crippen LogP contribution in [0.4, 0.5) is 37.7 Å². The third-order valence-corrected chi connectivity index (χ3v) is 4.51. The minimum atomic E-state index is -4.65. The molecule has 0 amide bonds. The van der Waals surface area contributed by atoms with E-state index in [1.54, 1.807) is 0 Å². The van der Waals surface area contributed by atoms with E-state index in [1.165, 1.54) is 36.5 Å². The summed E-state index contributed by atoms with van der Waals surface area (Å²) in [6.45, 7) is 0. The molecule has 0 saturated carbocycles. The summed E-state index contributed by atoms with van der Waals surface area (Å²) in [7, 11) is 0. The number of nitrogens with zero attached hydrogens (tertiary/aromatic N) is 3. The molecule has 164 valence electrons. The van der Waals surface area contributed by atoms with Crippen molar-refractivity contribution in [3.05, 3.63) is 71.9 Å². The number of benzene rings is 1. The van der Waals surface area contributed by atoms with Crippen molar-refractivity contribution in [2.24, 2.45) is 0 Å². The molecule has 0 aliphatic carbocycles. The molecule has 11 heteroatoms. The second kappa shape index (κ2) is 7.66. The highest BCUT2D eigenvalue weighted by atomic mass is 19.4. The zero-order valence-electron chi connectivity index (χ0n) is 15.8. The van der Waals surface area contributed by atoms with Crippen molar-refractivity contribution in [1.82, 2.24) is 15.0 Å². The average molecular weight is 450 g/mol. The minimum Gasteiger partial charge on any atom is -0.493 e. The maximum atomic E-state index is 13.3. The van der Waals surface area contributed by atoms with E-state index in [4.69, 9.17) is 0 Å². The minimum absolute atomic E-state index is 0.0734. The van der Waals surface area contributed by atoms with Gasteiger partial charge in [-0.15, -0.1) is 0 Å². The SMILES string of the molecule is Oc1cc(Nc2ccc(C(F)(F)F)cc2)c2ccc(-c3ncccc3C(F)(F)F)nc2n1. The number of fused-ring (bicyclic) bond motifs is 1. The van der Waals surface area contributed by atoms with Crippen LogP contribution in [-0.2, 0) is 12.4 Å².